The van der Waals surface area contributed by atoms with Crippen LogP contribution in [-0.4, -0.2) is 35.5 Å². The fraction of sp³-hybridized carbons (Fsp3) is 0.273. The van der Waals surface area contributed by atoms with Gasteiger partial charge >= 0.3 is 0 Å². The van der Waals surface area contributed by atoms with Crippen LogP contribution in [0.5, 0.6) is 5.75 Å². The smallest absolute Gasteiger partial charge is 0.253 e. The van der Waals surface area contributed by atoms with Gasteiger partial charge in [-0.05, 0) is 37.1 Å². The summed E-state index contributed by atoms with van der Waals surface area (Å²) in [5.74, 6) is 1.26. The zero-order chi connectivity index (χ0) is 18.2. The zero-order valence-corrected chi connectivity index (χ0v) is 15.7. The molecule has 1 atom stereocenters. The lowest BCUT2D eigenvalue weighted by atomic mass is 9.97. The highest BCUT2D eigenvalue weighted by Gasteiger charge is 2.29. The van der Waals surface area contributed by atoms with E-state index in [1.807, 2.05) is 47.4 Å². The number of rotatable bonds is 2. The van der Waals surface area contributed by atoms with Gasteiger partial charge in [0.1, 0.15) is 12.4 Å². The van der Waals surface area contributed by atoms with Crippen LogP contribution in [-0.2, 0) is 4.79 Å². The van der Waals surface area contributed by atoms with Gasteiger partial charge in [0.15, 0.2) is 0 Å². The predicted octanol–water partition coefficient (Wildman–Crippen LogP) is 4.48. The molecule has 0 aliphatic carbocycles. The number of nitrogens with zero attached hydrogens (tertiary/aromatic N) is 2. The van der Waals surface area contributed by atoms with Crippen LogP contribution >= 0.6 is 11.3 Å². The molecule has 3 aromatic rings. The number of piperidine rings is 1. The van der Waals surface area contributed by atoms with Crippen LogP contribution < -0.4 is 4.74 Å². The molecule has 0 saturated carbocycles. The van der Waals surface area contributed by atoms with Gasteiger partial charge in [-0.2, -0.15) is 0 Å². The summed E-state index contributed by atoms with van der Waals surface area (Å²) >= 11 is 1.76. The first-order valence-corrected chi connectivity index (χ1v) is 10.2. The van der Waals surface area contributed by atoms with Crippen molar-refractivity contribution < 1.29 is 9.53 Å². The fourth-order valence-electron chi connectivity index (χ4n) is 3.87. The van der Waals surface area contributed by atoms with Crippen LogP contribution in [0.15, 0.2) is 54.1 Å². The summed E-state index contributed by atoms with van der Waals surface area (Å²) < 4.78 is 6.99. The van der Waals surface area contributed by atoms with E-state index in [0.717, 1.165) is 53.3 Å². The Morgan fingerprint density at radius 3 is 2.93 bits per heavy atom. The Hall–Kier alpha value is -2.66. The molecule has 5 heteroatoms. The van der Waals surface area contributed by atoms with Crippen molar-refractivity contribution >= 4 is 33.5 Å². The molecule has 0 spiro atoms. The van der Waals surface area contributed by atoms with Crippen LogP contribution in [0.4, 0.5) is 0 Å². The number of aromatic nitrogens is 1. The van der Waals surface area contributed by atoms with Crippen molar-refractivity contribution in [3.05, 3.63) is 64.7 Å². The largest absolute Gasteiger partial charge is 0.488 e. The Morgan fingerprint density at radius 1 is 1.15 bits per heavy atom. The molecule has 3 heterocycles. The molecule has 0 radical (unpaired) electrons. The average molecular weight is 376 g/mol. The third kappa shape index (κ3) is 3.12. The normalized spacial score (nSPS) is 19.3. The molecule has 136 valence electrons. The van der Waals surface area contributed by atoms with Gasteiger partial charge in [-0.15, -0.1) is 11.3 Å². The van der Waals surface area contributed by atoms with Crippen LogP contribution in [0.3, 0.4) is 0 Å². The summed E-state index contributed by atoms with van der Waals surface area (Å²) in [6.45, 7) is 1.88. The molecule has 27 heavy (non-hydrogen) atoms. The van der Waals surface area contributed by atoms with Gasteiger partial charge in [-0.1, -0.05) is 30.3 Å². The first-order chi connectivity index (χ1) is 13.3. The monoisotopic (exact) mass is 376 g/mol. The fourth-order valence-corrected chi connectivity index (χ4v) is 4.96. The Kier molecular flexibility index (Phi) is 4.17. The average Bonchev–Trinajstić information content (AvgIpc) is 3.17. The number of likely N-dealkylation sites (tertiary alicyclic amines) is 1. The maximum Gasteiger partial charge on any atom is 0.253 e. The first kappa shape index (κ1) is 16.5. The third-order valence-corrected chi connectivity index (χ3v) is 6.47. The van der Waals surface area contributed by atoms with E-state index in [0.29, 0.717) is 12.5 Å². The third-order valence-electron chi connectivity index (χ3n) is 5.27. The molecule has 2 aliphatic heterocycles. The number of hydrogen-bond acceptors (Lipinski definition) is 4. The summed E-state index contributed by atoms with van der Waals surface area (Å²) in [4.78, 5) is 19.9. The van der Waals surface area contributed by atoms with Gasteiger partial charge in [0, 0.05) is 24.6 Å². The zero-order valence-electron chi connectivity index (χ0n) is 14.9. The highest BCUT2D eigenvalue weighted by atomic mass is 32.1. The Labute approximate surface area is 162 Å². The molecule has 1 unspecified atom stereocenters. The lowest BCUT2D eigenvalue weighted by Crippen LogP contribution is -2.41. The van der Waals surface area contributed by atoms with E-state index in [1.165, 1.54) is 4.70 Å². The van der Waals surface area contributed by atoms with E-state index >= 15 is 0 Å². The minimum Gasteiger partial charge on any atom is -0.488 e. The highest BCUT2D eigenvalue weighted by Crippen LogP contribution is 2.34. The molecule has 2 aliphatic rings. The summed E-state index contributed by atoms with van der Waals surface area (Å²) in [6.07, 6.45) is 4.07. The van der Waals surface area contributed by atoms with E-state index in [1.54, 1.807) is 11.3 Å². The second-order valence-electron chi connectivity index (χ2n) is 7.11. The van der Waals surface area contributed by atoms with E-state index in [-0.39, 0.29) is 5.91 Å². The Morgan fingerprint density at radius 2 is 2.00 bits per heavy atom. The summed E-state index contributed by atoms with van der Waals surface area (Å²) in [7, 11) is 0. The number of amides is 1. The quantitative estimate of drug-likeness (QED) is 0.662. The minimum absolute atomic E-state index is 0.0929. The second-order valence-corrected chi connectivity index (χ2v) is 8.17. The number of carbonyl (C=O) groups excluding carboxylic acids is 1. The number of fused-ring (bicyclic) bond motifs is 2. The number of carbonyl (C=O) groups is 1. The van der Waals surface area contributed by atoms with Gasteiger partial charge < -0.3 is 9.64 Å². The summed E-state index contributed by atoms with van der Waals surface area (Å²) in [6, 6.07) is 16.1. The number of thiazole rings is 1. The van der Waals surface area contributed by atoms with Crippen LogP contribution in [0.2, 0.25) is 0 Å². The molecule has 1 aromatic heterocycles. The van der Waals surface area contributed by atoms with Crippen molar-refractivity contribution in [2.75, 3.05) is 19.7 Å². The predicted molar refractivity (Wildman–Crippen MR) is 108 cm³/mol. The summed E-state index contributed by atoms with van der Waals surface area (Å²) in [5.41, 5.74) is 2.77. The minimum atomic E-state index is 0.0929. The van der Waals surface area contributed by atoms with Crippen molar-refractivity contribution in [3.8, 4) is 5.75 Å². The Bertz CT molecular complexity index is 1010. The molecule has 1 saturated heterocycles. The standard InChI is InChI=1S/C22H20N2O2S/c25-22(17-12-15-6-1-3-9-19(15)26-14-17)24-11-5-7-16(13-24)21-23-18-8-2-4-10-20(18)27-21/h1-4,6,8-10,12,16H,5,7,11,13-14H2. The number of benzene rings is 2. The summed E-state index contributed by atoms with van der Waals surface area (Å²) in [5, 5.41) is 1.15. The Balaban J connectivity index is 1.36. The molecule has 4 nitrogen and oxygen atoms in total. The van der Waals surface area contributed by atoms with Crippen LogP contribution in [0, 0.1) is 0 Å². The van der Waals surface area contributed by atoms with Crippen LogP contribution in [0.1, 0.15) is 29.3 Å². The second kappa shape index (κ2) is 6.82. The molecule has 0 N–H and O–H groups in total. The van der Waals surface area contributed by atoms with Crippen molar-refractivity contribution in [1.29, 1.82) is 0 Å². The SMILES string of the molecule is O=C(C1=Cc2ccccc2OC1)N1CCCC(c2nc3ccccc3s2)C1. The van der Waals surface area contributed by atoms with E-state index < -0.39 is 0 Å². The maximum absolute atomic E-state index is 13.1. The van der Waals surface area contributed by atoms with Crippen molar-refractivity contribution in [2.45, 2.75) is 18.8 Å². The lowest BCUT2D eigenvalue weighted by molar-refractivity contribution is -0.128. The van der Waals surface area contributed by atoms with E-state index in [4.69, 9.17) is 9.72 Å². The lowest BCUT2D eigenvalue weighted by Gasteiger charge is -2.33. The maximum atomic E-state index is 13.1. The number of para-hydroxylation sites is 2. The van der Waals surface area contributed by atoms with Crippen molar-refractivity contribution in [2.24, 2.45) is 0 Å². The van der Waals surface area contributed by atoms with Crippen molar-refractivity contribution in [1.82, 2.24) is 9.88 Å². The van der Waals surface area contributed by atoms with Gasteiger partial charge in [-0.3, -0.25) is 4.79 Å². The number of ether oxygens (including phenoxy) is 1. The number of hydrogen-bond donors (Lipinski definition) is 0. The first-order valence-electron chi connectivity index (χ1n) is 9.35. The molecular weight excluding hydrogens is 356 g/mol. The van der Waals surface area contributed by atoms with Gasteiger partial charge in [0.25, 0.3) is 5.91 Å². The molecular formula is C22H20N2O2S. The van der Waals surface area contributed by atoms with Crippen molar-refractivity contribution in [3.63, 3.8) is 0 Å². The van der Waals surface area contributed by atoms with Gasteiger partial charge in [-0.25, -0.2) is 4.98 Å². The van der Waals surface area contributed by atoms with Crippen LogP contribution in [0.25, 0.3) is 16.3 Å². The molecule has 1 fully saturated rings. The molecule has 1 amide bonds. The highest BCUT2D eigenvalue weighted by molar-refractivity contribution is 7.18. The van der Waals surface area contributed by atoms with E-state index in [2.05, 4.69) is 12.1 Å². The molecule has 5 rings (SSSR count). The molecule has 0 bridgehead atoms. The van der Waals surface area contributed by atoms with Gasteiger partial charge in [0.05, 0.1) is 20.8 Å². The van der Waals surface area contributed by atoms with E-state index in [9.17, 15) is 4.79 Å². The van der Waals surface area contributed by atoms with Gasteiger partial charge in [0.2, 0.25) is 0 Å². The molecule has 2 aromatic carbocycles. The topological polar surface area (TPSA) is 42.4 Å².